The second kappa shape index (κ2) is 6.71. The quantitative estimate of drug-likeness (QED) is 0.727. The fraction of sp³-hybridized carbons (Fsp3) is 0.933. The topological polar surface area (TPSA) is 61.4 Å². The van der Waals surface area contributed by atoms with Gasteiger partial charge < -0.3 is 15.7 Å². The van der Waals surface area contributed by atoms with E-state index in [4.69, 9.17) is 0 Å². The Morgan fingerprint density at radius 2 is 1.79 bits per heavy atom. The molecular weight excluding hydrogens is 240 g/mol. The summed E-state index contributed by atoms with van der Waals surface area (Å²) in [6, 6.07) is 0.272. The van der Waals surface area contributed by atoms with Crippen LogP contribution in [-0.4, -0.2) is 35.7 Å². The Hall–Kier alpha value is -0.610. The summed E-state index contributed by atoms with van der Waals surface area (Å²) in [5.74, 6) is 0.178. The largest absolute Gasteiger partial charge is 0.393 e. The van der Waals surface area contributed by atoms with E-state index in [2.05, 4.69) is 10.6 Å². The van der Waals surface area contributed by atoms with E-state index < -0.39 is 0 Å². The van der Waals surface area contributed by atoms with Crippen LogP contribution in [-0.2, 0) is 4.79 Å². The van der Waals surface area contributed by atoms with Gasteiger partial charge in [0.25, 0.3) is 0 Å². The maximum atomic E-state index is 12.2. The van der Waals surface area contributed by atoms with Crippen molar-refractivity contribution in [2.24, 2.45) is 0 Å². The van der Waals surface area contributed by atoms with Crippen LogP contribution in [0.15, 0.2) is 0 Å². The highest BCUT2D eigenvalue weighted by Gasteiger charge is 2.33. The molecule has 0 atom stereocenters. The van der Waals surface area contributed by atoms with Crippen molar-refractivity contribution in [3.8, 4) is 0 Å². The molecule has 0 aromatic rings. The summed E-state index contributed by atoms with van der Waals surface area (Å²) in [6.07, 6.45) is 9.89. The highest BCUT2D eigenvalue weighted by atomic mass is 16.3. The number of hydrogen-bond donors (Lipinski definition) is 3. The molecule has 0 radical (unpaired) electrons. The molecule has 0 aromatic heterocycles. The molecule has 0 aromatic carbocycles. The molecule has 2 aliphatic carbocycles. The van der Waals surface area contributed by atoms with E-state index in [1.165, 1.54) is 19.3 Å². The van der Waals surface area contributed by atoms with E-state index in [1.54, 1.807) is 0 Å². The van der Waals surface area contributed by atoms with Crippen molar-refractivity contribution < 1.29 is 9.90 Å². The van der Waals surface area contributed by atoms with E-state index in [9.17, 15) is 9.90 Å². The van der Waals surface area contributed by atoms with E-state index in [0.717, 1.165) is 38.5 Å². The highest BCUT2D eigenvalue weighted by molar-refractivity contribution is 5.77. The number of carbonyl (C=O) groups excluding carboxylic acids is 1. The second-order valence-electron chi connectivity index (χ2n) is 6.34. The lowest BCUT2D eigenvalue weighted by Gasteiger charge is -2.37. The van der Waals surface area contributed by atoms with Gasteiger partial charge in [0.15, 0.2) is 0 Å². The second-order valence-corrected chi connectivity index (χ2v) is 6.34. The third kappa shape index (κ3) is 4.18. The molecule has 2 fully saturated rings. The molecule has 1 amide bonds. The van der Waals surface area contributed by atoms with Crippen LogP contribution in [0.2, 0.25) is 0 Å². The zero-order valence-electron chi connectivity index (χ0n) is 12.1. The molecule has 4 heteroatoms. The summed E-state index contributed by atoms with van der Waals surface area (Å²) in [5.41, 5.74) is 0.0243. The van der Waals surface area contributed by atoms with Crippen LogP contribution in [0, 0.1) is 0 Å². The predicted octanol–water partition coefficient (Wildman–Crippen LogP) is 1.72. The average molecular weight is 268 g/mol. The molecule has 2 rings (SSSR count). The van der Waals surface area contributed by atoms with E-state index in [-0.39, 0.29) is 23.6 Å². The third-order valence-corrected chi connectivity index (χ3v) is 4.90. The number of aliphatic hydroxyl groups excluding tert-OH is 1. The number of aliphatic hydroxyl groups is 1. The van der Waals surface area contributed by atoms with Gasteiger partial charge in [-0.3, -0.25) is 4.79 Å². The maximum Gasteiger partial charge on any atom is 0.222 e. The van der Waals surface area contributed by atoms with Gasteiger partial charge in [0.05, 0.1) is 6.10 Å². The fourth-order valence-corrected chi connectivity index (χ4v) is 3.55. The molecule has 2 saturated carbocycles. The Morgan fingerprint density at radius 3 is 2.37 bits per heavy atom. The van der Waals surface area contributed by atoms with Gasteiger partial charge in [0.2, 0.25) is 5.91 Å². The fourth-order valence-electron chi connectivity index (χ4n) is 3.55. The monoisotopic (exact) mass is 268 g/mol. The Bertz CT molecular complexity index is 293. The lowest BCUT2D eigenvalue weighted by atomic mass is 9.79. The van der Waals surface area contributed by atoms with Gasteiger partial charge in [0, 0.05) is 18.0 Å². The summed E-state index contributed by atoms with van der Waals surface area (Å²) in [6.45, 7) is 0. The third-order valence-electron chi connectivity index (χ3n) is 4.90. The summed E-state index contributed by atoms with van der Waals surface area (Å²) < 4.78 is 0. The minimum Gasteiger partial charge on any atom is -0.393 e. The van der Waals surface area contributed by atoms with Gasteiger partial charge in [-0.1, -0.05) is 19.3 Å². The van der Waals surface area contributed by atoms with Crippen molar-refractivity contribution in [1.29, 1.82) is 0 Å². The van der Waals surface area contributed by atoms with Crippen molar-refractivity contribution in [2.75, 3.05) is 7.05 Å². The smallest absolute Gasteiger partial charge is 0.222 e. The van der Waals surface area contributed by atoms with Crippen LogP contribution in [0.3, 0.4) is 0 Å². The standard InChI is InChI=1S/C15H28N2O2/c1-16-15(9-3-2-4-10-15)11-14(19)17-12-5-7-13(18)8-6-12/h12-13,16,18H,2-11H2,1H3,(H,17,19). The first-order chi connectivity index (χ1) is 9.13. The SMILES string of the molecule is CNC1(CC(=O)NC2CCC(O)CC2)CCCCC1. The summed E-state index contributed by atoms with van der Waals surface area (Å²) in [5, 5.41) is 16.0. The minimum absolute atomic E-state index is 0.0243. The number of carbonyl (C=O) groups is 1. The summed E-state index contributed by atoms with van der Waals surface area (Å²) in [7, 11) is 1.98. The zero-order valence-corrected chi connectivity index (χ0v) is 12.1. The molecule has 3 N–H and O–H groups in total. The van der Waals surface area contributed by atoms with Crippen LogP contribution >= 0.6 is 0 Å². The minimum atomic E-state index is -0.157. The van der Waals surface area contributed by atoms with Gasteiger partial charge in [-0.2, -0.15) is 0 Å². The van der Waals surface area contributed by atoms with Gasteiger partial charge in [-0.25, -0.2) is 0 Å². The lowest BCUT2D eigenvalue weighted by molar-refractivity contribution is -0.124. The molecule has 0 saturated heterocycles. The van der Waals surface area contributed by atoms with Crippen LogP contribution in [0.4, 0.5) is 0 Å². The van der Waals surface area contributed by atoms with Gasteiger partial charge in [-0.05, 0) is 45.6 Å². The van der Waals surface area contributed by atoms with Crippen molar-refractivity contribution >= 4 is 5.91 Å². The molecule has 0 aliphatic heterocycles. The van der Waals surface area contributed by atoms with Crippen molar-refractivity contribution in [3.63, 3.8) is 0 Å². The van der Waals surface area contributed by atoms with Crippen molar-refractivity contribution in [3.05, 3.63) is 0 Å². The Morgan fingerprint density at radius 1 is 1.16 bits per heavy atom. The van der Waals surface area contributed by atoms with Gasteiger partial charge in [0.1, 0.15) is 0 Å². The number of nitrogens with one attached hydrogen (secondary N) is 2. The number of rotatable bonds is 4. The van der Waals surface area contributed by atoms with Crippen LogP contribution in [0.5, 0.6) is 0 Å². The molecule has 2 aliphatic rings. The first kappa shape index (κ1) is 14.8. The molecule has 0 spiro atoms. The highest BCUT2D eigenvalue weighted by Crippen LogP contribution is 2.30. The van der Waals surface area contributed by atoms with Crippen LogP contribution < -0.4 is 10.6 Å². The predicted molar refractivity (Wildman–Crippen MR) is 75.9 cm³/mol. The molecule has 0 bridgehead atoms. The molecule has 0 unspecified atom stereocenters. The van der Waals surface area contributed by atoms with Gasteiger partial charge >= 0.3 is 0 Å². The van der Waals surface area contributed by atoms with E-state index >= 15 is 0 Å². The first-order valence-electron chi connectivity index (χ1n) is 7.80. The van der Waals surface area contributed by atoms with E-state index in [1.807, 2.05) is 7.05 Å². The Kier molecular flexibility index (Phi) is 5.22. The number of amides is 1. The average Bonchev–Trinajstić information content (AvgIpc) is 2.42. The molecule has 19 heavy (non-hydrogen) atoms. The maximum absolute atomic E-state index is 12.2. The Balaban J connectivity index is 1.79. The first-order valence-corrected chi connectivity index (χ1v) is 7.80. The van der Waals surface area contributed by atoms with Crippen molar-refractivity contribution in [1.82, 2.24) is 10.6 Å². The summed E-state index contributed by atoms with van der Waals surface area (Å²) >= 11 is 0. The zero-order chi connectivity index (χ0) is 13.7. The lowest BCUT2D eigenvalue weighted by Crippen LogP contribution is -2.50. The van der Waals surface area contributed by atoms with Crippen LogP contribution in [0.25, 0.3) is 0 Å². The molecular formula is C15H28N2O2. The number of hydrogen-bond acceptors (Lipinski definition) is 3. The van der Waals surface area contributed by atoms with Gasteiger partial charge in [-0.15, -0.1) is 0 Å². The molecule has 110 valence electrons. The summed E-state index contributed by atoms with van der Waals surface area (Å²) in [4.78, 5) is 12.2. The molecule has 0 heterocycles. The van der Waals surface area contributed by atoms with E-state index in [0.29, 0.717) is 6.42 Å². The van der Waals surface area contributed by atoms with Crippen molar-refractivity contribution in [2.45, 2.75) is 81.9 Å². The Labute approximate surface area is 116 Å². The molecule has 4 nitrogen and oxygen atoms in total. The normalized spacial score (nSPS) is 30.8. The van der Waals surface area contributed by atoms with Crippen LogP contribution in [0.1, 0.15) is 64.2 Å².